The molecule has 0 bridgehead atoms. The number of nitro benzene ring substituents is 1. The zero-order chi connectivity index (χ0) is 13.0. The molecule has 5 heteroatoms. The van der Waals surface area contributed by atoms with Gasteiger partial charge in [-0.25, -0.2) is 0 Å². The summed E-state index contributed by atoms with van der Waals surface area (Å²) in [7, 11) is 0. The fraction of sp³-hybridized carbons (Fsp3) is 0.333. The van der Waals surface area contributed by atoms with Crippen molar-refractivity contribution in [2.75, 3.05) is 0 Å². The molecule has 17 heavy (non-hydrogen) atoms. The second-order valence-corrected chi connectivity index (χ2v) is 3.77. The number of carbonyl (C=O) groups excluding carboxylic acids is 1. The van der Waals surface area contributed by atoms with Crippen LogP contribution in [-0.4, -0.2) is 10.7 Å². The molecule has 0 spiro atoms. The van der Waals surface area contributed by atoms with Crippen molar-refractivity contribution >= 4 is 11.5 Å². The average molecular weight is 232 g/mol. The molecule has 0 radical (unpaired) electrons. The predicted octanol–water partition coefficient (Wildman–Crippen LogP) is 2.64. The number of nitro groups is 1. The number of Topliss-reactive ketones (excluding diaryl/α,β-unsaturated/α-hetero) is 1. The van der Waals surface area contributed by atoms with Crippen LogP contribution in [0.25, 0.3) is 0 Å². The Bertz CT molecular complexity index is 503. The zero-order valence-electron chi connectivity index (χ0n) is 9.64. The van der Waals surface area contributed by atoms with E-state index in [4.69, 9.17) is 5.26 Å². The summed E-state index contributed by atoms with van der Waals surface area (Å²) in [6, 6.07) is 6.07. The van der Waals surface area contributed by atoms with E-state index < -0.39 is 10.8 Å². The molecule has 1 aromatic carbocycles. The van der Waals surface area contributed by atoms with Gasteiger partial charge in [0.2, 0.25) is 0 Å². The van der Waals surface area contributed by atoms with Crippen LogP contribution < -0.4 is 0 Å². The van der Waals surface area contributed by atoms with E-state index in [9.17, 15) is 14.9 Å². The molecule has 0 heterocycles. The van der Waals surface area contributed by atoms with Crippen molar-refractivity contribution in [3.05, 3.63) is 39.4 Å². The highest BCUT2D eigenvalue weighted by atomic mass is 16.6. The molecular formula is C12H12N2O3. The van der Waals surface area contributed by atoms with Crippen LogP contribution in [0.15, 0.2) is 18.2 Å². The monoisotopic (exact) mass is 232 g/mol. The Balaban J connectivity index is 3.19. The van der Waals surface area contributed by atoms with Crippen LogP contribution in [0.5, 0.6) is 0 Å². The first-order valence-electron chi connectivity index (χ1n) is 5.19. The first-order chi connectivity index (χ1) is 7.99. The minimum atomic E-state index is -0.739. The normalized spacial score (nSPS) is 11.6. The Morgan fingerprint density at radius 3 is 2.65 bits per heavy atom. The van der Waals surface area contributed by atoms with E-state index in [0.29, 0.717) is 12.0 Å². The summed E-state index contributed by atoms with van der Waals surface area (Å²) in [5.41, 5.74) is 0.738. The van der Waals surface area contributed by atoms with Crippen LogP contribution in [0.3, 0.4) is 0 Å². The summed E-state index contributed by atoms with van der Waals surface area (Å²) in [6.07, 6.45) is 0.400. The lowest BCUT2D eigenvalue weighted by atomic mass is 9.95. The van der Waals surface area contributed by atoms with Crippen LogP contribution >= 0.6 is 0 Å². The van der Waals surface area contributed by atoms with Crippen LogP contribution in [0.4, 0.5) is 5.69 Å². The van der Waals surface area contributed by atoms with Crippen LogP contribution in [0, 0.1) is 34.3 Å². The zero-order valence-corrected chi connectivity index (χ0v) is 9.64. The lowest BCUT2D eigenvalue weighted by Gasteiger charge is -2.06. The van der Waals surface area contributed by atoms with Crippen molar-refractivity contribution < 1.29 is 9.72 Å². The number of nitriles is 1. The Morgan fingerprint density at radius 2 is 2.18 bits per heavy atom. The lowest BCUT2D eigenvalue weighted by Crippen LogP contribution is -2.12. The van der Waals surface area contributed by atoms with Gasteiger partial charge in [0.05, 0.1) is 11.0 Å². The largest absolute Gasteiger partial charge is 0.293 e. The highest BCUT2D eigenvalue weighted by Crippen LogP contribution is 2.20. The molecule has 5 nitrogen and oxygen atoms in total. The maximum absolute atomic E-state index is 11.9. The van der Waals surface area contributed by atoms with Crippen molar-refractivity contribution in [2.45, 2.75) is 20.3 Å². The lowest BCUT2D eigenvalue weighted by molar-refractivity contribution is -0.384. The Morgan fingerprint density at radius 1 is 1.53 bits per heavy atom. The molecule has 1 rings (SSSR count). The van der Waals surface area contributed by atoms with E-state index in [0.717, 1.165) is 0 Å². The Hall–Kier alpha value is -2.22. The molecule has 1 atom stereocenters. The standard InChI is InChI=1S/C12H12N2O3/c1-3-9(7-13)12(15)10-4-8(2)5-11(6-10)14(16)17/h4-6,9H,3H2,1-2H3. The molecule has 0 saturated carbocycles. The summed E-state index contributed by atoms with van der Waals surface area (Å²) >= 11 is 0. The molecule has 0 amide bonds. The second-order valence-electron chi connectivity index (χ2n) is 3.77. The van der Waals surface area contributed by atoms with Crippen molar-refractivity contribution in [2.24, 2.45) is 5.92 Å². The fourth-order valence-electron chi connectivity index (χ4n) is 1.55. The number of hydrogen-bond acceptors (Lipinski definition) is 4. The molecule has 0 saturated heterocycles. The molecule has 1 aromatic rings. The fourth-order valence-corrected chi connectivity index (χ4v) is 1.55. The van der Waals surface area contributed by atoms with Gasteiger partial charge >= 0.3 is 0 Å². The Labute approximate surface area is 98.8 Å². The molecule has 1 unspecified atom stereocenters. The van der Waals surface area contributed by atoms with Crippen LogP contribution in [0.1, 0.15) is 29.3 Å². The van der Waals surface area contributed by atoms with Crippen molar-refractivity contribution in [3.63, 3.8) is 0 Å². The molecule has 0 N–H and O–H groups in total. The third-order valence-electron chi connectivity index (χ3n) is 2.44. The number of aryl methyl sites for hydroxylation is 1. The van der Waals surface area contributed by atoms with E-state index in [1.165, 1.54) is 12.1 Å². The second kappa shape index (κ2) is 5.21. The number of benzene rings is 1. The quantitative estimate of drug-likeness (QED) is 0.453. The van der Waals surface area contributed by atoms with Gasteiger partial charge in [-0.2, -0.15) is 5.26 Å². The maximum Gasteiger partial charge on any atom is 0.270 e. The van der Waals surface area contributed by atoms with Gasteiger partial charge in [-0.1, -0.05) is 6.92 Å². The molecular weight excluding hydrogens is 220 g/mol. The number of rotatable bonds is 4. The SMILES string of the molecule is CCC(C#N)C(=O)c1cc(C)cc([N+](=O)[O-])c1. The van der Waals surface area contributed by atoms with Gasteiger partial charge in [0.15, 0.2) is 5.78 Å². The first-order valence-corrected chi connectivity index (χ1v) is 5.19. The minimum Gasteiger partial charge on any atom is -0.293 e. The minimum absolute atomic E-state index is 0.124. The van der Waals surface area contributed by atoms with Crippen LogP contribution in [0.2, 0.25) is 0 Å². The van der Waals surface area contributed by atoms with Gasteiger partial charge in [0.25, 0.3) is 5.69 Å². The summed E-state index contributed by atoms with van der Waals surface area (Å²) in [6.45, 7) is 3.41. The number of carbonyl (C=O) groups is 1. The van der Waals surface area contributed by atoms with Gasteiger partial charge in [0, 0.05) is 17.7 Å². The summed E-state index contributed by atoms with van der Waals surface area (Å²) in [5.74, 6) is -1.10. The van der Waals surface area contributed by atoms with Gasteiger partial charge in [0.1, 0.15) is 5.92 Å². The molecule has 0 aliphatic heterocycles. The van der Waals surface area contributed by atoms with Crippen molar-refractivity contribution in [3.8, 4) is 6.07 Å². The first kappa shape index (κ1) is 12.8. The molecule has 88 valence electrons. The van der Waals surface area contributed by atoms with E-state index >= 15 is 0 Å². The number of hydrogen-bond donors (Lipinski definition) is 0. The number of non-ortho nitro benzene ring substituents is 1. The molecule has 0 fully saturated rings. The van der Waals surface area contributed by atoms with E-state index in [1.807, 2.05) is 6.07 Å². The smallest absolute Gasteiger partial charge is 0.270 e. The molecule has 0 aromatic heterocycles. The van der Waals surface area contributed by atoms with Crippen molar-refractivity contribution in [1.29, 1.82) is 5.26 Å². The van der Waals surface area contributed by atoms with Crippen molar-refractivity contribution in [1.82, 2.24) is 0 Å². The average Bonchev–Trinajstić information content (AvgIpc) is 2.29. The molecule has 0 aliphatic rings. The third kappa shape index (κ3) is 2.88. The van der Waals surface area contributed by atoms with Gasteiger partial charge in [-0.3, -0.25) is 14.9 Å². The van der Waals surface area contributed by atoms with E-state index in [1.54, 1.807) is 19.9 Å². The maximum atomic E-state index is 11.9. The third-order valence-corrected chi connectivity index (χ3v) is 2.44. The summed E-state index contributed by atoms with van der Waals surface area (Å²) in [5, 5.41) is 19.5. The number of ketones is 1. The summed E-state index contributed by atoms with van der Waals surface area (Å²) in [4.78, 5) is 22.0. The van der Waals surface area contributed by atoms with E-state index in [2.05, 4.69) is 0 Å². The predicted molar refractivity (Wildman–Crippen MR) is 61.6 cm³/mol. The van der Waals surface area contributed by atoms with Gasteiger partial charge in [-0.15, -0.1) is 0 Å². The topological polar surface area (TPSA) is 84.0 Å². The highest BCUT2D eigenvalue weighted by Gasteiger charge is 2.20. The van der Waals surface area contributed by atoms with E-state index in [-0.39, 0.29) is 17.0 Å². The highest BCUT2D eigenvalue weighted by molar-refractivity contribution is 6.00. The van der Waals surface area contributed by atoms with Crippen LogP contribution in [-0.2, 0) is 0 Å². The Kier molecular flexibility index (Phi) is 3.94. The number of nitrogens with zero attached hydrogens (tertiary/aromatic N) is 2. The molecule has 0 aliphatic carbocycles. The van der Waals surface area contributed by atoms with Gasteiger partial charge < -0.3 is 0 Å². The van der Waals surface area contributed by atoms with Gasteiger partial charge in [-0.05, 0) is 25.0 Å². The summed E-state index contributed by atoms with van der Waals surface area (Å²) < 4.78 is 0.